The van der Waals surface area contributed by atoms with Crippen molar-refractivity contribution >= 4 is 11.5 Å². The largest absolute Gasteiger partial charge is 0.398 e. The van der Waals surface area contributed by atoms with E-state index in [-0.39, 0.29) is 0 Å². The van der Waals surface area contributed by atoms with Gasteiger partial charge in [0, 0.05) is 24.8 Å². The lowest BCUT2D eigenvalue weighted by molar-refractivity contribution is 0.400. The van der Waals surface area contributed by atoms with E-state index in [0.717, 1.165) is 36.6 Å². The van der Waals surface area contributed by atoms with E-state index in [2.05, 4.69) is 29.3 Å². The second-order valence-electron chi connectivity index (χ2n) is 4.24. The van der Waals surface area contributed by atoms with Crippen LogP contribution in [0.25, 0.3) is 0 Å². The van der Waals surface area contributed by atoms with Crippen molar-refractivity contribution in [2.45, 2.75) is 6.42 Å². The number of nitrogens with two attached hydrogens (primary N) is 1. The molecule has 0 fully saturated rings. The summed E-state index contributed by atoms with van der Waals surface area (Å²) in [6.45, 7) is 1.97. The molecule has 1 rings (SSSR count). The van der Waals surface area contributed by atoms with Crippen LogP contribution in [-0.2, 0) is 0 Å². The summed E-state index contributed by atoms with van der Waals surface area (Å²) in [4.78, 5) is 6.42. The fourth-order valence-corrected chi connectivity index (χ4v) is 1.61. The number of anilines is 1. The Morgan fingerprint density at radius 3 is 2.65 bits per heavy atom. The Morgan fingerprint density at radius 1 is 1.35 bits per heavy atom. The Morgan fingerprint density at radius 2 is 2.06 bits per heavy atom. The highest BCUT2D eigenvalue weighted by Crippen LogP contribution is 2.10. The zero-order valence-electron chi connectivity index (χ0n) is 10.9. The number of nitrogens with zero attached hydrogens (tertiary/aromatic N) is 2. The van der Waals surface area contributed by atoms with Gasteiger partial charge in [-0.15, -0.1) is 0 Å². The molecular formula is C13H22N4. The first-order chi connectivity index (χ1) is 8.15. The van der Waals surface area contributed by atoms with Crippen LogP contribution in [0.15, 0.2) is 29.3 Å². The number of nitrogens with one attached hydrogen (secondary N) is 1. The Labute approximate surface area is 104 Å². The summed E-state index contributed by atoms with van der Waals surface area (Å²) in [5.41, 5.74) is 7.65. The van der Waals surface area contributed by atoms with Gasteiger partial charge in [0.1, 0.15) is 5.84 Å². The number of hydrogen-bond donors (Lipinski definition) is 2. The Bertz CT molecular complexity index is 371. The van der Waals surface area contributed by atoms with Crippen molar-refractivity contribution in [1.82, 2.24) is 10.2 Å². The van der Waals surface area contributed by atoms with Crippen LogP contribution in [0, 0.1) is 0 Å². The molecule has 0 saturated heterocycles. The summed E-state index contributed by atoms with van der Waals surface area (Å²) in [7, 11) is 5.93. The summed E-state index contributed by atoms with van der Waals surface area (Å²) in [6, 6.07) is 7.77. The van der Waals surface area contributed by atoms with E-state index in [0.29, 0.717) is 0 Å². The van der Waals surface area contributed by atoms with Crippen molar-refractivity contribution in [3.8, 4) is 0 Å². The number of aliphatic imine (C=N–C) groups is 1. The van der Waals surface area contributed by atoms with Gasteiger partial charge < -0.3 is 16.0 Å². The van der Waals surface area contributed by atoms with Crippen molar-refractivity contribution in [2.75, 3.05) is 40.0 Å². The van der Waals surface area contributed by atoms with E-state index in [1.807, 2.05) is 24.3 Å². The molecule has 4 nitrogen and oxygen atoms in total. The molecule has 4 heteroatoms. The summed E-state index contributed by atoms with van der Waals surface area (Å²) >= 11 is 0. The monoisotopic (exact) mass is 234 g/mol. The first-order valence-corrected chi connectivity index (χ1v) is 5.85. The maximum atomic E-state index is 5.92. The fourth-order valence-electron chi connectivity index (χ4n) is 1.61. The van der Waals surface area contributed by atoms with Crippen molar-refractivity contribution in [3.05, 3.63) is 29.8 Å². The van der Waals surface area contributed by atoms with Crippen LogP contribution in [0.2, 0.25) is 0 Å². The molecule has 0 amide bonds. The molecule has 0 unspecified atom stereocenters. The average Bonchev–Trinajstić information content (AvgIpc) is 2.30. The van der Waals surface area contributed by atoms with Crippen LogP contribution in [0.1, 0.15) is 12.0 Å². The van der Waals surface area contributed by atoms with Crippen LogP contribution >= 0.6 is 0 Å². The van der Waals surface area contributed by atoms with Crippen LogP contribution < -0.4 is 11.1 Å². The van der Waals surface area contributed by atoms with E-state index in [4.69, 9.17) is 5.73 Å². The third-order valence-electron chi connectivity index (χ3n) is 2.51. The zero-order chi connectivity index (χ0) is 12.7. The Balaban J connectivity index is 2.53. The van der Waals surface area contributed by atoms with Gasteiger partial charge in [0.05, 0.1) is 0 Å². The molecule has 0 saturated carbocycles. The topological polar surface area (TPSA) is 53.7 Å². The standard InChI is InChI=1S/C13H22N4/c1-15-13(16-9-6-10-17(2)3)11-7-4-5-8-12(11)14/h4-5,7-8H,6,9-10,14H2,1-3H3,(H,15,16). The fraction of sp³-hybridized carbons (Fsp3) is 0.462. The summed E-state index contributed by atoms with van der Waals surface area (Å²) < 4.78 is 0. The van der Waals surface area contributed by atoms with Gasteiger partial charge in [0.25, 0.3) is 0 Å². The number of benzene rings is 1. The minimum absolute atomic E-state index is 0.758. The molecule has 1 aromatic carbocycles. The first kappa shape index (κ1) is 13.5. The number of hydrogen-bond acceptors (Lipinski definition) is 3. The third-order valence-corrected chi connectivity index (χ3v) is 2.51. The molecule has 0 aliphatic carbocycles. The molecule has 1 aromatic rings. The van der Waals surface area contributed by atoms with Crippen molar-refractivity contribution in [3.63, 3.8) is 0 Å². The van der Waals surface area contributed by atoms with Gasteiger partial charge in [-0.2, -0.15) is 0 Å². The Kier molecular flexibility index (Phi) is 5.49. The molecule has 0 bridgehead atoms. The highest BCUT2D eigenvalue weighted by molar-refractivity contribution is 6.02. The van der Waals surface area contributed by atoms with Gasteiger partial charge in [-0.3, -0.25) is 4.99 Å². The second kappa shape index (κ2) is 6.91. The van der Waals surface area contributed by atoms with Crippen molar-refractivity contribution in [2.24, 2.45) is 4.99 Å². The molecule has 0 radical (unpaired) electrons. The van der Waals surface area contributed by atoms with E-state index < -0.39 is 0 Å². The number of para-hydroxylation sites is 1. The van der Waals surface area contributed by atoms with Crippen molar-refractivity contribution in [1.29, 1.82) is 0 Å². The first-order valence-electron chi connectivity index (χ1n) is 5.85. The number of rotatable bonds is 5. The van der Waals surface area contributed by atoms with E-state index in [9.17, 15) is 0 Å². The minimum Gasteiger partial charge on any atom is -0.398 e. The Hall–Kier alpha value is -1.55. The smallest absolute Gasteiger partial charge is 0.130 e. The van der Waals surface area contributed by atoms with Crippen LogP contribution in [0.5, 0.6) is 0 Å². The predicted molar refractivity (Wildman–Crippen MR) is 74.5 cm³/mol. The number of amidine groups is 1. The highest BCUT2D eigenvalue weighted by Gasteiger charge is 2.04. The highest BCUT2D eigenvalue weighted by atomic mass is 15.1. The van der Waals surface area contributed by atoms with Gasteiger partial charge in [-0.05, 0) is 39.2 Å². The second-order valence-corrected chi connectivity index (χ2v) is 4.24. The van der Waals surface area contributed by atoms with Crippen LogP contribution in [-0.4, -0.2) is 45.0 Å². The molecule has 0 atom stereocenters. The van der Waals surface area contributed by atoms with E-state index in [1.54, 1.807) is 7.05 Å². The lowest BCUT2D eigenvalue weighted by Gasteiger charge is -2.13. The normalized spacial score (nSPS) is 11.9. The average molecular weight is 234 g/mol. The van der Waals surface area contributed by atoms with Gasteiger partial charge in [-0.25, -0.2) is 0 Å². The maximum absolute atomic E-state index is 5.92. The zero-order valence-corrected chi connectivity index (χ0v) is 10.9. The lowest BCUT2D eigenvalue weighted by Crippen LogP contribution is -2.28. The predicted octanol–water partition coefficient (Wildman–Crippen LogP) is 1.19. The molecule has 0 aliphatic heterocycles. The SMILES string of the molecule is CN=C(NCCCN(C)C)c1ccccc1N. The van der Waals surface area contributed by atoms with Gasteiger partial charge in [0.2, 0.25) is 0 Å². The maximum Gasteiger partial charge on any atom is 0.130 e. The molecule has 0 aromatic heterocycles. The lowest BCUT2D eigenvalue weighted by atomic mass is 10.1. The molecular weight excluding hydrogens is 212 g/mol. The van der Waals surface area contributed by atoms with E-state index in [1.165, 1.54) is 0 Å². The van der Waals surface area contributed by atoms with Crippen molar-refractivity contribution < 1.29 is 0 Å². The van der Waals surface area contributed by atoms with Crippen LogP contribution in [0.3, 0.4) is 0 Å². The molecule has 0 aliphatic rings. The van der Waals surface area contributed by atoms with Gasteiger partial charge in [0.15, 0.2) is 0 Å². The quantitative estimate of drug-likeness (QED) is 0.348. The van der Waals surface area contributed by atoms with E-state index >= 15 is 0 Å². The molecule has 17 heavy (non-hydrogen) atoms. The van der Waals surface area contributed by atoms with Crippen LogP contribution in [0.4, 0.5) is 5.69 Å². The minimum atomic E-state index is 0.758. The van der Waals surface area contributed by atoms with Gasteiger partial charge in [-0.1, -0.05) is 12.1 Å². The molecule has 0 heterocycles. The third kappa shape index (κ3) is 4.44. The summed E-state index contributed by atoms with van der Waals surface area (Å²) in [6.07, 6.45) is 1.08. The summed E-state index contributed by atoms with van der Waals surface area (Å²) in [5.74, 6) is 0.863. The number of nitrogen functional groups attached to an aromatic ring is 1. The molecule has 0 spiro atoms. The van der Waals surface area contributed by atoms with Gasteiger partial charge >= 0.3 is 0 Å². The molecule has 94 valence electrons. The molecule has 3 N–H and O–H groups in total. The summed E-state index contributed by atoms with van der Waals surface area (Å²) in [5, 5.41) is 3.33.